The fraction of sp³-hybridized carbons (Fsp3) is 0.875. The molecule has 1 heteroatoms. The highest BCUT2D eigenvalue weighted by molar-refractivity contribution is 4.92. The van der Waals surface area contributed by atoms with Crippen LogP contribution >= 0.6 is 0 Å². The third-order valence-electron chi connectivity index (χ3n) is 2.50. The van der Waals surface area contributed by atoms with Crippen LogP contribution in [0.25, 0.3) is 0 Å². The first kappa shape index (κ1) is 16.7. The molecule has 0 atom stereocenters. The van der Waals surface area contributed by atoms with E-state index >= 15 is 0 Å². The van der Waals surface area contributed by atoms with E-state index in [9.17, 15) is 0 Å². The molecule has 102 valence electrons. The normalized spacial score (nSPS) is 14.6. The van der Waals surface area contributed by atoms with Crippen molar-refractivity contribution in [1.29, 1.82) is 0 Å². The zero-order valence-corrected chi connectivity index (χ0v) is 13.2. The fourth-order valence-electron chi connectivity index (χ4n) is 1.40. The molecular formula is C16H32O. The highest BCUT2D eigenvalue weighted by Crippen LogP contribution is 2.26. The second-order valence-electron chi connectivity index (χ2n) is 7.87. The van der Waals surface area contributed by atoms with E-state index < -0.39 is 0 Å². The first-order valence-corrected chi connectivity index (χ1v) is 6.73. The number of rotatable bonds is 5. The van der Waals surface area contributed by atoms with Gasteiger partial charge in [-0.15, -0.1) is 0 Å². The van der Waals surface area contributed by atoms with Crippen molar-refractivity contribution in [3.63, 3.8) is 0 Å². The van der Waals surface area contributed by atoms with Crippen LogP contribution in [0.1, 0.15) is 68.2 Å². The Balaban J connectivity index is 3.98. The summed E-state index contributed by atoms with van der Waals surface area (Å²) in [5, 5.41) is 0. The molecule has 1 nitrogen and oxygen atoms in total. The minimum atomic E-state index is -0.0292. The summed E-state index contributed by atoms with van der Waals surface area (Å²) in [7, 11) is 0. The first-order valence-electron chi connectivity index (χ1n) is 6.73. The van der Waals surface area contributed by atoms with Crippen LogP contribution in [0.4, 0.5) is 0 Å². The zero-order chi connectivity index (χ0) is 13.7. The quantitative estimate of drug-likeness (QED) is 0.599. The molecule has 0 heterocycles. The summed E-state index contributed by atoms with van der Waals surface area (Å²) in [5.74, 6) is 0. The summed E-state index contributed by atoms with van der Waals surface area (Å²) in [6.45, 7) is 18.4. The Morgan fingerprint density at radius 3 is 1.82 bits per heavy atom. The molecule has 0 spiro atoms. The lowest BCUT2D eigenvalue weighted by atomic mass is 9.87. The van der Waals surface area contributed by atoms with Gasteiger partial charge < -0.3 is 4.74 Å². The minimum Gasteiger partial charge on any atom is -0.375 e. The Bertz CT molecular complexity index is 235. The average molecular weight is 240 g/mol. The molecule has 0 amide bonds. The summed E-state index contributed by atoms with van der Waals surface area (Å²) in [6, 6.07) is 0. The van der Waals surface area contributed by atoms with Gasteiger partial charge in [0.1, 0.15) is 0 Å². The van der Waals surface area contributed by atoms with Gasteiger partial charge in [0, 0.05) is 0 Å². The lowest BCUT2D eigenvalue weighted by molar-refractivity contribution is -0.0446. The smallest absolute Gasteiger partial charge is 0.0598 e. The predicted octanol–water partition coefficient (Wildman–Crippen LogP) is 5.21. The summed E-state index contributed by atoms with van der Waals surface area (Å²) >= 11 is 0. The molecule has 0 aromatic heterocycles. The van der Waals surface area contributed by atoms with Gasteiger partial charge >= 0.3 is 0 Å². The monoisotopic (exact) mass is 240 g/mol. The molecule has 0 radical (unpaired) electrons. The molecule has 0 aliphatic rings. The van der Waals surface area contributed by atoms with Gasteiger partial charge in [-0.1, -0.05) is 46.8 Å². The fourth-order valence-corrected chi connectivity index (χ4v) is 1.40. The first-order chi connectivity index (χ1) is 7.41. The molecule has 17 heavy (non-hydrogen) atoms. The average Bonchev–Trinajstić information content (AvgIpc) is 2.07. The van der Waals surface area contributed by atoms with Crippen LogP contribution in [-0.2, 0) is 4.74 Å². The zero-order valence-electron chi connectivity index (χ0n) is 13.2. The van der Waals surface area contributed by atoms with Crippen LogP contribution in [0.15, 0.2) is 12.2 Å². The maximum Gasteiger partial charge on any atom is 0.0598 e. The van der Waals surface area contributed by atoms with Crippen LogP contribution in [-0.4, -0.2) is 12.2 Å². The molecule has 0 unspecified atom stereocenters. The van der Waals surface area contributed by atoms with Crippen molar-refractivity contribution in [2.45, 2.75) is 73.8 Å². The SMILES string of the molecule is CC(C)(C)C=CCCC(C)(C)COC(C)(C)C. The minimum absolute atomic E-state index is 0.0292. The van der Waals surface area contributed by atoms with Crippen molar-refractivity contribution < 1.29 is 4.74 Å². The molecule has 0 aliphatic heterocycles. The highest BCUT2D eigenvalue weighted by Gasteiger charge is 2.21. The number of hydrogen-bond acceptors (Lipinski definition) is 1. The number of hydrogen-bond donors (Lipinski definition) is 0. The van der Waals surface area contributed by atoms with Gasteiger partial charge in [0.2, 0.25) is 0 Å². The highest BCUT2D eigenvalue weighted by atomic mass is 16.5. The van der Waals surface area contributed by atoms with Crippen molar-refractivity contribution in [2.75, 3.05) is 6.61 Å². The molecule has 0 N–H and O–H groups in total. The largest absolute Gasteiger partial charge is 0.375 e. The number of allylic oxidation sites excluding steroid dienone is 2. The number of ether oxygens (including phenoxy) is 1. The molecular weight excluding hydrogens is 208 g/mol. The lowest BCUT2D eigenvalue weighted by Crippen LogP contribution is -2.28. The van der Waals surface area contributed by atoms with Crippen LogP contribution in [0.3, 0.4) is 0 Å². The molecule has 0 aromatic carbocycles. The van der Waals surface area contributed by atoms with E-state index in [2.05, 4.69) is 67.5 Å². The molecule has 0 rings (SSSR count). The Labute approximate surface area is 109 Å². The maximum atomic E-state index is 5.87. The predicted molar refractivity (Wildman–Crippen MR) is 77.3 cm³/mol. The Hall–Kier alpha value is -0.300. The van der Waals surface area contributed by atoms with Crippen molar-refractivity contribution in [2.24, 2.45) is 10.8 Å². The van der Waals surface area contributed by atoms with Crippen LogP contribution < -0.4 is 0 Å². The van der Waals surface area contributed by atoms with E-state index in [4.69, 9.17) is 4.74 Å². The summed E-state index contributed by atoms with van der Waals surface area (Å²) in [6.07, 6.45) is 6.92. The summed E-state index contributed by atoms with van der Waals surface area (Å²) in [4.78, 5) is 0. The van der Waals surface area contributed by atoms with Crippen molar-refractivity contribution in [3.05, 3.63) is 12.2 Å². The van der Waals surface area contributed by atoms with Crippen LogP contribution in [0, 0.1) is 10.8 Å². The summed E-state index contributed by atoms with van der Waals surface area (Å²) < 4.78 is 5.87. The Kier molecular flexibility index (Phi) is 5.93. The van der Waals surface area contributed by atoms with Gasteiger partial charge in [-0.3, -0.25) is 0 Å². The topological polar surface area (TPSA) is 9.23 Å². The van der Waals surface area contributed by atoms with E-state index in [1.807, 2.05) is 0 Å². The van der Waals surface area contributed by atoms with Gasteiger partial charge in [-0.25, -0.2) is 0 Å². The Morgan fingerprint density at radius 1 is 0.882 bits per heavy atom. The third kappa shape index (κ3) is 12.0. The van der Waals surface area contributed by atoms with Crippen molar-refractivity contribution in [1.82, 2.24) is 0 Å². The van der Waals surface area contributed by atoms with E-state index in [1.54, 1.807) is 0 Å². The van der Waals surface area contributed by atoms with E-state index in [-0.39, 0.29) is 11.0 Å². The lowest BCUT2D eigenvalue weighted by Gasteiger charge is -2.29. The summed E-state index contributed by atoms with van der Waals surface area (Å²) in [5.41, 5.74) is 0.528. The van der Waals surface area contributed by atoms with E-state index in [1.165, 1.54) is 6.42 Å². The molecule has 0 aliphatic carbocycles. The van der Waals surface area contributed by atoms with Crippen LogP contribution in [0.2, 0.25) is 0 Å². The van der Waals surface area contributed by atoms with Crippen molar-refractivity contribution in [3.8, 4) is 0 Å². The van der Waals surface area contributed by atoms with Gasteiger partial charge in [-0.05, 0) is 44.4 Å². The molecule has 0 aromatic rings. The maximum absolute atomic E-state index is 5.87. The van der Waals surface area contributed by atoms with E-state index in [0.29, 0.717) is 5.41 Å². The van der Waals surface area contributed by atoms with Gasteiger partial charge in [0.05, 0.1) is 12.2 Å². The van der Waals surface area contributed by atoms with Crippen molar-refractivity contribution >= 4 is 0 Å². The second-order valence-corrected chi connectivity index (χ2v) is 7.87. The Morgan fingerprint density at radius 2 is 1.41 bits per heavy atom. The van der Waals surface area contributed by atoms with Gasteiger partial charge in [-0.2, -0.15) is 0 Å². The molecule has 0 saturated heterocycles. The van der Waals surface area contributed by atoms with Gasteiger partial charge in [0.15, 0.2) is 0 Å². The molecule has 0 fully saturated rings. The standard InChI is InChI=1S/C16H32O/c1-14(2,3)11-9-10-12-16(7,8)13-17-15(4,5)6/h9,11H,10,12-13H2,1-8H3. The second kappa shape index (κ2) is 6.04. The molecule has 0 bridgehead atoms. The van der Waals surface area contributed by atoms with E-state index in [0.717, 1.165) is 13.0 Å². The van der Waals surface area contributed by atoms with Gasteiger partial charge in [0.25, 0.3) is 0 Å². The third-order valence-corrected chi connectivity index (χ3v) is 2.50. The molecule has 0 saturated carbocycles. The van der Waals surface area contributed by atoms with Crippen LogP contribution in [0.5, 0.6) is 0 Å².